The van der Waals surface area contributed by atoms with Gasteiger partial charge in [0.05, 0.1) is 62.3 Å². The molecule has 2 unspecified atom stereocenters. The van der Waals surface area contributed by atoms with Crippen LogP contribution in [0.15, 0.2) is 107 Å². The average molecular weight is 775 g/mol. The molecule has 1 saturated heterocycles. The van der Waals surface area contributed by atoms with Gasteiger partial charge in [-0.05, 0) is 75.0 Å². The molecule has 10 nitrogen and oxygen atoms in total. The molecular formula is C44H59ClN4O6. The third kappa shape index (κ3) is 12.9. The summed E-state index contributed by atoms with van der Waals surface area (Å²) in [6.45, 7) is 14.8. The fourth-order valence-electron chi connectivity index (χ4n) is 6.90. The third-order valence-electron chi connectivity index (χ3n) is 9.46. The number of methoxy groups -OCH3 is 1. The van der Waals surface area contributed by atoms with Crippen molar-refractivity contribution in [1.29, 1.82) is 0 Å². The molecule has 2 atom stereocenters. The zero-order chi connectivity index (χ0) is 39.6. The Hall–Kier alpha value is -4.19. The van der Waals surface area contributed by atoms with Crippen LogP contribution in [0.4, 0.5) is 5.69 Å². The van der Waals surface area contributed by atoms with Crippen LogP contribution in [0.5, 0.6) is 0 Å². The first-order valence-electron chi connectivity index (χ1n) is 19.3. The van der Waals surface area contributed by atoms with Crippen molar-refractivity contribution in [2.75, 3.05) is 71.2 Å². The molecule has 3 N–H and O–H groups in total. The molecule has 0 radical (unpaired) electrons. The van der Waals surface area contributed by atoms with Gasteiger partial charge in [0, 0.05) is 42.6 Å². The van der Waals surface area contributed by atoms with Crippen molar-refractivity contribution in [3.05, 3.63) is 124 Å². The Morgan fingerprint density at radius 3 is 2.18 bits per heavy atom. The zero-order valence-electron chi connectivity index (χ0n) is 33.1. The summed E-state index contributed by atoms with van der Waals surface area (Å²) in [4.78, 5) is 30.6. The normalized spacial score (nSPS) is 16.3. The number of allylic oxidation sites excluding steroid dienone is 1. The second-order valence-electron chi connectivity index (χ2n) is 14.1. The lowest BCUT2D eigenvalue weighted by Gasteiger charge is -2.34. The highest BCUT2D eigenvalue weighted by atomic mass is 35.5. The van der Waals surface area contributed by atoms with Crippen molar-refractivity contribution in [2.24, 2.45) is 11.7 Å². The van der Waals surface area contributed by atoms with Crippen LogP contribution in [0.2, 0.25) is 5.02 Å². The number of hydrogen-bond donors (Lipinski definition) is 2. The van der Waals surface area contributed by atoms with Crippen LogP contribution in [-0.2, 0) is 35.1 Å². The number of benzene rings is 3. The number of ether oxygens (including phenoxy) is 4. The highest BCUT2D eigenvalue weighted by Crippen LogP contribution is 2.42. The molecule has 298 valence electrons. The largest absolute Gasteiger partial charge is 0.466 e. The predicted octanol–water partition coefficient (Wildman–Crippen LogP) is 7.10. The number of hydrogen-bond acceptors (Lipinski definition) is 10. The van der Waals surface area contributed by atoms with E-state index in [1.165, 1.54) is 44.3 Å². The average Bonchev–Trinajstić information content (AvgIpc) is 3.73. The number of para-hydroxylation sites is 1. The maximum atomic E-state index is 12.9. The first kappa shape index (κ1) is 43.5. The molecule has 5 rings (SSSR count). The van der Waals surface area contributed by atoms with Crippen LogP contribution < -0.4 is 16.0 Å². The molecule has 0 saturated carbocycles. The Bertz CT molecular complexity index is 1690. The maximum absolute atomic E-state index is 12.9. The molecule has 11 heteroatoms. The van der Waals surface area contributed by atoms with E-state index in [1.54, 1.807) is 38.1 Å². The summed E-state index contributed by atoms with van der Waals surface area (Å²) in [5, 5.41) is 3.52. The summed E-state index contributed by atoms with van der Waals surface area (Å²) in [5.74, 6) is -1.28. The van der Waals surface area contributed by atoms with Gasteiger partial charge in [0.1, 0.15) is 0 Å². The second-order valence-corrected chi connectivity index (χ2v) is 14.5. The van der Waals surface area contributed by atoms with Gasteiger partial charge in [0.15, 0.2) is 0 Å². The molecule has 3 aromatic carbocycles. The molecule has 1 fully saturated rings. The molecule has 2 aliphatic heterocycles. The van der Waals surface area contributed by atoms with E-state index in [0.29, 0.717) is 52.7 Å². The van der Waals surface area contributed by atoms with Gasteiger partial charge >= 0.3 is 11.9 Å². The number of esters is 2. The summed E-state index contributed by atoms with van der Waals surface area (Å²) in [5.41, 5.74) is 10.3. The van der Waals surface area contributed by atoms with Crippen molar-refractivity contribution >= 4 is 29.2 Å². The van der Waals surface area contributed by atoms with Gasteiger partial charge in [-0.25, -0.2) is 9.59 Å². The number of dihydropyridines is 1. The van der Waals surface area contributed by atoms with Crippen LogP contribution in [-0.4, -0.2) is 89.2 Å². The number of likely N-dealkylation sites (tertiary alicyclic amines) is 1. The summed E-state index contributed by atoms with van der Waals surface area (Å²) in [7, 11) is 1.29. The number of rotatable bonds is 18. The van der Waals surface area contributed by atoms with Gasteiger partial charge in [-0.3, -0.25) is 4.90 Å². The Balaban J connectivity index is 0.000000245. The lowest BCUT2D eigenvalue weighted by Crippen LogP contribution is -2.45. The van der Waals surface area contributed by atoms with Crippen molar-refractivity contribution in [1.82, 2.24) is 10.2 Å². The van der Waals surface area contributed by atoms with Gasteiger partial charge in [0.2, 0.25) is 0 Å². The van der Waals surface area contributed by atoms with Crippen LogP contribution in [0, 0.1) is 5.92 Å². The molecule has 0 aromatic heterocycles. The maximum Gasteiger partial charge on any atom is 0.336 e. The van der Waals surface area contributed by atoms with E-state index in [0.717, 1.165) is 26.3 Å². The van der Waals surface area contributed by atoms with Crippen molar-refractivity contribution in [2.45, 2.75) is 59.0 Å². The summed E-state index contributed by atoms with van der Waals surface area (Å²) in [6, 6.07) is 29.1. The second kappa shape index (κ2) is 23.0. The number of halogens is 1. The molecule has 2 heterocycles. The Labute approximate surface area is 332 Å². The Kier molecular flexibility index (Phi) is 18.2. The molecule has 0 aliphatic carbocycles. The van der Waals surface area contributed by atoms with Gasteiger partial charge in [-0.1, -0.05) is 92.2 Å². The SMILES string of the molecule is CC(C)COCC(CN(Cc1ccccc1)c1ccccc1)N1CCCC1.CCOC(=O)C1=C(COCCN)NC(C)=C(C(=O)OC)C1c1ccccc1Cl. The topological polar surface area (TPSA) is 116 Å². The number of carbonyl (C=O) groups is 2. The number of carbonyl (C=O) groups excluding carboxylic acids is 2. The summed E-state index contributed by atoms with van der Waals surface area (Å²) >= 11 is 6.42. The van der Waals surface area contributed by atoms with E-state index < -0.39 is 17.9 Å². The van der Waals surface area contributed by atoms with Crippen molar-refractivity contribution in [3.8, 4) is 0 Å². The van der Waals surface area contributed by atoms with E-state index in [1.807, 2.05) is 0 Å². The molecule has 0 spiro atoms. The first-order valence-corrected chi connectivity index (χ1v) is 19.7. The molecule has 0 amide bonds. The molecule has 2 aliphatic rings. The predicted molar refractivity (Wildman–Crippen MR) is 220 cm³/mol. The standard InChI is InChI=1S/C24H34N2O.C20H25ClN2O5/c1-21(2)19-27-20-24(25-15-9-10-16-25)18-26(23-13-7-4-8-14-23)17-22-11-5-3-6-12-22;1-4-28-20(25)18-15(11-27-10-9-22)23-12(2)16(19(24)26-3)17(18)13-7-5-6-8-14(13)21/h3-8,11-14,21,24H,9-10,15-20H2,1-2H3;5-8,17,23H,4,9-11,22H2,1-3H3. The number of nitrogens with two attached hydrogens (primary N) is 1. The first-order chi connectivity index (χ1) is 26.7. The van der Waals surface area contributed by atoms with E-state index in [4.69, 9.17) is 36.3 Å². The highest BCUT2D eigenvalue weighted by Gasteiger charge is 2.39. The highest BCUT2D eigenvalue weighted by molar-refractivity contribution is 6.31. The minimum absolute atomic E-state index is 0.109. The minimum atomic E-state index is -0.752. The summed E-state index contributed by atoms with van der Waals surface area (Å²) < 4.78 is 21.9. The van der Waals surface area contributed by atoms with Crippen LogP contribution in [0.1, 0.15) is 57.6 Å². The Morgan fingerprint density at radius 1 is 0.909 bits per heavy atom. The van der Waals surface area contributed by atoms with Gasteiger partial charge in [0.25, 0.3) is 0 Å². The fourth-order valence-corrected chi connectivity index (χ4v) is 7.14. The number of nitrogens with zero attached hydrogens (tertiary/aromatic N) is 2. The van der Waals surface area contributed by atoms with Gasteiger partial charge < -0.3 is 34.9 Å². The summed E-state index contributed by atoms with van der Waals surface area (Å²) in [6.07, 6.45) is 2.62. The molecule has 55 heavy (non-hydrogen) atoms. The van der Waals surface area contributed by atoms with Crippen molar-refractivity contribution < 1.29 is 28.5 Å². The zero-order valence-corrected chi connectivity index (χ0v) is 33.9. The van der Waals surface area contributed by atoms with E-state index in [9.17, 15) is 9.59 Å². The van der Waals surface area contributed by atoms with E-state index in [2.05, 4.69) is 89.6 Å². The lowest BCUT2D eigenvalue weighted by atomic mass is 9.80. The minimum Gasteiger partial charge on any atom is -0.466 e. The van der Waals surface area contributed by atoms with Crippen LogP contribution >= 0.6 is 11.6 Å². The van der Waals surface area contributed by atoms with Crippen LogP contribution in [0.25, 0.3) is 0 Å². The smallest absolute Gasteiger partial charge is 0.336 e. The molecule has 0 bridgehead atoms. The van der Waals surface area contributed by atoms with E-state index >= 15 is 0 Å². The number of nitrogens with one attached hydrogen (secondary N) is 1. The quantitative estimate of drug-likeness (QED) is 0.103. The van der Waals surface area contributed by atoms with E-state index in [-0.39, 0.29) is 18.8 Å². The monoisotopic (exact) mass is 774 g/mol. The molecule has 3 aromatic rings. The third-order valence-corrected chi connectivity index (χ3v) is 9.80. The molecular weight excluding hydrogens is 716 g/mol. The van der Waals surface area contributed by atoms with Gasteiger partial charge in [-0.2, -0.15) is 0 Å². The van der Waals surface area contributed by atoms with Crippen LogP contribution in [0.3, 0.4) is 0 Å². The Morgan fingerprint density at radius 2 is 1.56 bits per heavy atom. The van der Waals surface area contributed by atoms with Gasteiger partial charge in [-0.15, -0.1) is 0 Å². The number of anilines is 1. The van der Waals surface area contributed by atoms with Crippen molar-refractivity contribution in [3.63, 3.8) is 0 Å². The lowest BCUT2D eigenvalue weighted by molar-refractivity contribution is -0.139. The fraction of sp³-hybridized carbons (Fsp3) is 0.455.